The van der Waals surface area contributed by atoms with Crippen molar-refractivity contribution in [3.63, 3.8) is 0 Å². The van der Waals surface area contributed by atoms with Crippen LogP contribution in [-0.2, 0) is 4.74 Å². The van der Waals surface area contributed by atoms with Crippen molar-refractivity contribution in [3.8, 4) is 0 Å². The van der Waals surface area contributed by atoms with Crippen LogP contribution in [-0.4, -0.2) is 13.2 Å². The van der Waals surface area contributed by atoms with E-state index in [4.69, 9.17) is 4.74 Å². The molecule has 0 bridgehead atoms. The summed E-state index contributed by atoms with van der Waals surface area (Å²) in [4.78, 5) is 0. The van der Waals surface area contributed by atoms with E-state index in [2.05, 4.69) is 13.8 Å². The summed E-state index contributed by atoms with van der Waals surface area (Å²) in [7, 11) is 0. The Kier molecular flexibility index (Phi) is 6.25. The summed E-state index contributed by atoms with van der Waals surface area (Å²) in [5.74, 6) is 2.00. The minimum atomic E-state index is 0.973. The van der Waals surface area contributed by atoms with Gasteiger partial charge in [0.25, 0.3) is 0 Å². The molecule has 1 fully saturated rings. The molecule has 1 rings (SSSR count). The molecule has 0 spiro atoms. The molecule has 0 heterocycles. The smallest absolute Gasteiger partial charge is 0.0468 e. The third-order valence-corrected chi connectivity index (χ3v) is 3.54. The molecule has 0 radical (unpaired) electrons. The maximum Gasteiger partial charge on any atom is 0.0468 e. The van der Waals surface area contributed by atoms with Crippen LogP contribution in [0.15, 0.2) is 0 Å². The first-order valence-corrected chi connectivity index (χ1v) is 6.44. The van der Waals surface area contributed by atoms with E-state index < -0.39 is 0 Å². The Hall–Kier alpha value is -0.0400. The Bertz CT molecular complexity index is 133. The normalized spacial score (nSPS) is 27.0. The van der Waals surface area contributed by atoms with Crippen molar-refractivity contribution in [3.05, 3.63) is 0 Å². The lowest BCUT2D eigenvalue weighted by Gasteiger charge is -2.10. The van der Waals surface area contributed by atoms with Gasteiger partial charge in [0, 0.05) is 13.2 Å². The van der Waals surface area contributed by atoms with Gasteiger partial charge < -0.3 is 4.74 Å². The van der Waals surface area contributed by atoms with Crippen LogP contribution in [0.25, 0.3) is 0 Å². The molecule has 84 valence electrons. The van der Waals surface area contributed by atoms with E-state index in [0.717, 1.165) is 25.0 Å². The Morgan fingerprint density at radius 2 is 1.86 bits per heavy atom. The molecule has 0 aromatic rings. The molecule has 0 aliphatic heterocycles. The number of hydrogen-bond donors (Lipinski definition) is 0. The van der Waals surface area contributed by atoms with Crippen molar-refractivity contribution in [2.45, 2.75) is 58.8 Å². The van der Waals surface area contributed by atoms with Gasteiger partial charge in [0.15, 0.2) is 0 Å². The van der Waals surface area contributed by atoms with Gasteiger partial charge in [-0.1, -0.05) is 39.5 Å². The second kappa shape index (κ2) is 7.28. The Morgan fingerprint density at radius 3 is 2.50 bits per heavy atom. The number of hydrogen-bond acceptors (Lipinski definition) is 1. The highest BCUT2D eigenvalue weighted by molar-refractivity contribution is 4.74. The molecule has 0 aromatic carbocycles. The third-order valence-electron chi connectivity index (χ3n) is 3.54. The minimum absolute atomic E-state index is 0.973. The molecule has 1 saturated carbocycles. The van der Waals surface area contributed by atoms with Gasteiger partial charge in [0.05, 0.1) is 0 Å². The maximum absolute atomic E-state index is 5.60. The SMILES string of the molecule is CCCCOCCC1CCC(CC)C1. The average Bonchev–Trinajstić information content (AvgIpc) is 2.65. The van der Waals surface area contributed by atoms with Crippen LogP contribution in [0.4, 0.5) is 0 Å². The summed E-state index contributed by atoms with van der Waals surface area (Å²) in [6.07, 6.45) is 9.55. The molecule has 14 heavy (non-hydrogen) atoms. The van der Waals surface area contributed by atoms with Crippen molar-refractivity contribution < 1.29 is 4.74 Å². The Balaban J connectivity index is 1.92. The molecule has 1 nitrogen and oxygen atoms in total. The number of rotatable bonds is 7. The Labute approximate surface area is 89.2 Å². The molecule has 0 amide bonds. The monoisotopic (exact) mass is 198 g/mol. The van der Waals surface area contributed by atoms with E-state index in [1.54, 1.807) is 0 Å². The van der Waals surface area contributed by atoms with Crippen LogP contribution >= 0.6 is 0 Å². The van der Waals surface area contributed by atoms with Crippen molar-refractivity contribution >= 4 is 0 Å². The number of ether oxygens (including phenoxy) is 1. The first-order valence-electron chi connectivity index (χ1n) is 6.44. The molecule has 0 N–H and O–H groups in total. The molecular formula is C13H26O. The molecule has 1 aliphatic rings. The second-order valence-electron chi connectivity index (χ2n) is 4.71. The minimum Gasteiger partial charge on any atom is -0.381 e. The third kappa shape index (κ3) is 4.45. The lowest BCUT2D eigenvalue weighted by Crippen LogP contribution is -2.03. The summed E-state index contributed by atoms with van der Waals surface area (Å²) < 4.78 is 5.60. The highest BCUT2D eigenvalue weighted by Crippen LogP contribution is 2.34. The highest BCUT2D eigenvalue weighted by Gasteiger charge is 2.22. The van der Waals surface area contributed by atoms with Gasteiger partial charge in [-0.05, 0) is 31.1 Å². The van der Waals surface area contributed by atoms with Crippen LogP contribution in [0.5, 0.6) is 0 Å². The molecule has 1 heteroatoms. The van der Waals surface area contributed by atoms with E-state index in [0.29, 0.717) is 0 Å². The van der Waals surface area contributed by atoms with Gasteiger partial charge in [-0.25, -0.2) is 0 Å². The number of unbranched alkanes of at least 4 members (excludes halogenated alkanes) is 1. The van der Waals surface area contributed by atoms with Crippen molar-refractivity contribution in [1.29, 1.82) is 0 Å². The Morgan fingerprint density at radius 1 is 1.07 bits per heavy atom. The lowest BCUT2D eigenvalue weighted by atomic mass is 10.0. The van der Waals surface area contributed by atoms with Gasteiger partial charge in [-0.2, -0.15) is 0 Å². The van der Waals surface area contributed by atoms with Crippen LogP contribution in [0.2, 0.25) is 0 Å². The van der Waals surface area contributed by atoms with Crippen LogP contribution in [0.1, 0.15) is 58.8 Å². The van der Waals surface area contributed by atoms with Crippen molar-refractivity contribution in [1.82, 2.24) is 0 Å². The van der Waals surface area contributed by atoms with Gasteiger partial charge in [0.1, 0.15) is 0 Å². The molecule has 1 aliphatic carbocycles. The summed E-state index contributed by atoms with van der Waals surface area (Å²) in [6.45, 7) is 6.51. The molecule has 0 aromatic heterocycles. The zero-order valence-electron chi connectivity index (χ0n) is 9.93. The van der Waals surface area contributed by atoms with Crippen LogP contribution in [0.3, 0.4) is 0 Å². The first kappa shape index (κ1) is 12.0. The van der Waals surface area contributed by atoms with Gasteiger partial charge >= 0.3 is 0 Å². The van der Waals surface area contributed by atoms with Crippen molar-refractivity contribution in [2.24, 2.45) is 11.8 Å². The summed E-state index contributed by atoms with van der Waals surface area (Å²) >= 11 is 0. The van der Waals surface area contributed by atoms with Crippen LogP contribution in [0, 0.1) is 11.8 Å². The predicted molar refractivity (Wildman–Crippen MR) is 61.5 cm³/mol. The molecule has 2 atom stereocenters. The molecular weight excluding hydrogens is 172 g/mol. The zero-order chi connectivity index (χ0) is 10.2. The fourth-order valence-corrected chi connectivity index (χ4v) is 2.41. The standard InChI is InChI=1S/C13H26O/c1-3-5-9-14-10-8-13-7-6-12(4-2)11-13/h12-13H,3-11H2,1-2H3. The highest BCUT2D eigenvalue weighted by atomic mass is 16.5. The van der Waals surface area contributed by atoms with Gasteiger partial charge in [-0.3, -0.25) is 0 Å². The van der Waals surface area contributed by atoms with E-state index >= 15 is 0 Å². The average molecular weight is 198 g/mol. The maximum atomic E-state index is 5.60. The quantitative estimate of drug-likeness (QED) is 0.561. The summed E-state index contributed by atoms with van der Waals surface area (Å²) in [5, 5.41) is 0. The van der Waals surface area contributed by atoms with E-state index in [1.807, 2.05) is 0 Å². The van der Waals surface area contributed by atoms with Gasteiger partial charge in [0.2, 0.25) is 0 Å². The van der Waals surface area contributed by atoms with E-state index in [-0.39, 0.29) is 0 Å². The van der Waals surface area contributed by atoms with E-state index in [9.17, 15) is 0 Å². The predicted octanol–water partition coefficient (Wildman–Crippen LogP) is 4.02. The fourth-order valence-electron chi connectivity index (χ4n) is 2.41. The second-order valence-corrected chi connectivity index (χ2v) is 4.71. The largest absolute Gasteiger partial charge is 0.381 e. The van der Waals surface area contributed by atoms with Crippen molar-refractivity contribution in [2.75, 3.05) is 13.2 Å². The topological polar surface area (TPSA) is 9.23 Å². The van der Waals surface area contributed by atoms with E-state index in [1.165, 1.54) is 44.9 Å². The molecule has 0 saturated heterocycles. The van der Waals surface area contributed by atoms with Gasteiger partial charge in [-0.15, -0.1) is 0 Å². The zero-order valence-corrected chi connectivity index (χ0v) is 9.93. The fraction of sp³-hybridized carbons (Fsp3) is 1.00. The summed E-state index contributed by atoms with van der Waals surface area (Å²) in [6, 6.07) is 0. The molecule has 2 unspecified atom stereocenters. The first-order chi connectivity index (χ1) is 6.86. The lowest BCUT2D eigenvalue weighted by molar-refractivity contribution is 0.117. The van der Waals surface area contributed by atoms with Crippen LogP contribution < -0.4 is 0 Å². The summed E-state index contributed by atoms with van der Waals surface area (Å²) in [5.41, 5.74) is 0.